The monoisotopic (exact) mass is 283 g/mol. The zero-order valence-corrected chi connectivity index (χ0v) is 12.6. The van der Waals surface area contributed by atoms with Crippen LogP contribution in [0.25, 0.3) is 0 Å². The lowest BCUT2D eigenvalue weighted by molar-refractivity contribution is 0.0606. The quantitative estimate of drug-likeness (QED) is 0.787. The number of thiazole rings is 1. The van der Waals surface area contributed by atoms with E-state index in [-0.39, 0.29) is 5.97 Å². The lowest BCUT2D eigenvalue weighted by Crippen LogP contribution is -2.37. The van der Waals surface area contributed by atoms with E-state index < -0.39 is 0 Å². The Kier molecular flexibility index (Phi) is 4.76. The first-order chi connectivity index (χ1) is 9.10. The van der Waals surface area contributed by atoms with E-state index in [4.69, 9.17) is 4.74 Å². The van der Waals surface area contributed by atoms with E-state index in [2.05, 4.69) is 28.9 Å². The molecule has 1 aromatic heterocycles. The lowest BCUT2D eigenvalue weighted by atomic mass is 9.97. The van der Waals surface area contributed by atoms with Crippen LogP contribution in [0.3, 0.4) is 0 Å². The summed E-state index contributed by atoms with van der Waals surface area (Å²) < 4.78 is 4.71. The van der Waals surface area contributed by atoms with Gasteiger partial charge in [0.1, 0.15) is 4.88 Å². The van der Waals surface area contributed by atoms with Gasteiger partial charge >= 0.3 is 5.97 Å². The number of hydrogen-bond donors (Lipinski definition) is 0. The van der Waals surface area contributed by atoms with Gasteiger partial charge in [-0.1, -0.05) is 11.3 Å². The highest BCUT2D eigenvalue weighted by atomic mass is 32.1. The van der Waals surface area contributed by atoms with Crippen LogP contribution >= 0.6 is 11.3 Å². The molecule has 19 heavy (non-hydrogen) atoms. The number of carbonyl (C=O) groups is 1. The number of esters is 1. The second-order valence-electron chi connectivity index (χ2n) is 5.19. The molecule has 106 valence electrons. The molecule has 1 aromatic rings. The molecule has 0 N–H and O–H groups in total. The van der Waals surface area contributed by atoms with E-state index in [0.717, 1.165) is 30.7 Å². The van der Waals surface area contributed by atoms with Gasteiger partial charge in [0.05, 0.1) is 13.3 Å². The van der Waals surface area contributed by atoms with Crippen LogP contribution in [0.1, 0.15) is 22.5 Å². The second kappa shape index (κ2) is 6.34. The molecule has 1 aliphatic rings. The van der Waals surface area contributed by atoms with Crippen LogP contribution in [-0.2, 0) is 4.74 Å². The predicted octanol–water partition coefficient (Wildman–Crippen LogP) is 1.71. The number of methoxy groups -OCH3 is 1. The molecule has 0 atom stereocenters. The average molecular weight is 283 g/mol. The number of carbonyl (C=O) groups excluding carboxylic acids is 1. The van der Waals surface area contributed by atoms with Gasteiger partial charge in [-0.3, -0.25) is 0 Å². The zero-order valence-electron chi connectivity index (χ0n) is 11.8. The molecule has 0 unspecified atom stereocenters. The summed E-state index contributed by atoms with van der Waals surface area (Å²) in [5, 5.41) is 0.934. The van der Waals surface area contributed by atoms with Crippen molar-refractivity contribution in [2.75, 3.05) is 45.7 Å². The lowest BCUT2D eigenvalue weighted by Gasteiger charge is -2.32. The molecule has 1 aliphatic heterocycles. The number of nitrogens with zero attached hydrogens (tertiary/aromatic N) is 3. The molecule has 0 saturated carbocycles. The minimum Gasteiger partial charge on any atom is -0.465 e. The molecule has 0 aromatic carbocycles. The number of aromatic nitrogens is 1. The molecule has 0 bridgehead atoms. The Morgan fingerprint density at radius 1 is 1.53 bits per heavy atom. The summed E-state index contributed by atoms with van der Waals surface area (Å²) in [6.07, 6.45) is 3.98. The largest absolute Gasteiger partial charge is 0.465 e. The topological polar surface area (TPSA) is 45.7 Å². The molecule has 0 aliphatic carbocycles. The first-order valence-electron chi connectivity index (χ1n) is 6.54. The number of piperidine rings is 1. The maximum absolute atomic E-state index is 11.4. The van der Waals surface area contributed by atoms with Crippen molar-refractivity contribution >= 4 is 22.4 Å². The highest BCUT2D eigenvalue weighted by Gasteiger charge is 2.22. The van der Waals surface area contributed by atoms with Gasteiger partial charge in [0.15, 0.2) is 5.13 Å². The standard InChI is InChI=1S/C13H21N3O2S/c1-15(2)9-10-4-6-16(7-5-10)13-14-8-11(19-13)12(17)18-3/h8,10H,4-7,9H2,1-3H3. The average Bonchev–Trinajstić information content (AvgIpc) is 2.87. The van der Waals surface area contributed by atoms with Gasteiger partial charge < -0.3 is 14.5 Å². The summed E-state index contributed by atoms with van der Waals surface area (Å²) in [6, 6.07) is 0. The van der Waals surface area contributed by atoms with Gasteiger partial charge in [-0.2, -0.15) is 0 Å². The number of rotatable bonds is 4. The third-order valence-electron chi connectivity index (χ3n) is 3.39. The summed E-state index contributed by atoms with van der Waals surface area (Å²) >= 11 is 1.42. The van der Waals surface area contributed by atoms with Crippen LogP contribution < -0.4 is 4.90 Å². The van der Waals surface area contributed by atoms with Gasteiger partial charge in [0, 0.05) is 19.6 Å². The van der Waals surface area contributed by atoms with Crippen molar-refractivity contribution in [2.24, 2.45) is 5.92 Å². The fraction of sp³-hybridized carbons (Fsp3) is 0.692. The van der Waals surface area contributed by atoms with Gasteiger partial charge in [-0.15, -0.1) is 0 Å². The number of ether oxygens (including phenoxy) is 1. The van der Waals surface area contributed by atoms with Gasteiger partial charge in [0.2, 0.25) is 0 Å². The van der Waals surface area contributed by atoms with Crippen LogP contribution in [0.5, 0.6) is 0 Å². The Labute approximate surface area is 118 Å². The van der Waals surface area contributed by atoms with E-state index in [1.54, 1.807) is 6.20 Å². The normalized spacial score (nSPS) is 16.9. The predicted molar refractivity (Wildman–Crippen MR) is 76.9 cm³/mol. The van der Waals surface area contributed by atoms with Crippen LogP contribution in [0.15, 0.2) is 6.20 Å². The summed E-state index contributed by atoms with van der Waals surface area (Å²) in [4.78, 5) is 20.8. The van der Waals surface area contributed by atoms with E-state index in [1.165, 1.54) is 31.3 Å². The maximum Gasteiger partial charge on any atom is 0.349 e. The zero-order chi connectivity index (χ0) is 13.8. The molecule has 0 amide bonds. The molecule has 6 heteroatoms. The summed E-state index contributed by atoms with van der Waals surface area (Å²) in [5.74, 6) is 0.470. The van der Waals surface area contributed by atoms with Crippen LogP contribution in [0, 0.1) is 5.92 Å². The van der Waals surface area contributed by atoms with Crippen LogP contribution in [-0.4, -0.2) is 56.7 Å². The summed E-state index contributed by atoms with van der Waals surface area (Å²) in [5.41, 5.74) is 0. The van der Waals surface area contributed by atoms with Crippen molar-refractivity contribution in [3.63, 3.8) is 0 Å². The third kappa shape index (κ3) is 3.67. The Balaban J connectivity index is 1.91. The van der Waals surface area contributed by atoms with Crippen molar-refractivity contribution in [2.45, 2.75) is 12.8 Å². The minimum absolute atomic E-state index is 0.300. The van der Waals surface area contributed by atoms with Crippen molar-refractivity contribution in [1.82, 2.24) is 9.88 Å². The Hall–Kier alpha value is -1.14. The molecule has 1 saturated heterocycles. The van der Waals surface area contributed by atoms with E-state index in [1.807, 2.05) is 0 Å². The highest BCUT2D eigenvalue weighted by Crippen LogP contribution is 2.27. The second-order valence-corrected chi connectivity index (χ2v) is 6.20. The molecule has 5 nitrogen and oxygen atoms in total. The molecular formula is C13H21N3O2S. The maximum atomic E-state index is 11.4. The molecular weight excluding hydrogens is 262 g/mol. The van der Waals surface area contributed by atoms with Crippen molar-refractivity contribution in [1.29, 1.82) is 0 Å². The molecule has 2 rings (SSSR count). The first-order valence-corrected chi connectivity index (χ1v) is 7.35. The Morgan fingerprint density at radius 2 is 2.21 bits per heavy atom. The highest BCUT2D eigenvalue weighted by molar-refractivity contribution is 7.17. The van der Waals surface area contributed by atoms with Gasteiger partial charge in [0.25, 0.3) is 0 Å². The minimum atomic E-state index is -0.300. The molecule has 0 spiro atoms. The Morgan fingerprint density at radius 3 is 2.79 bits per heavy atom. The molecule has 0 radical (unpaired) electrons. The van der Waals surface area contributed by atoms with Crippen LogP contribution in [0.2, 0.25) is 0 Å². The number of anilines is 1. The van der Waals surface area contributed by atoms with Crippen molar-refractivity contribution in [3.8, 4) is 0 Å². The van der Waals surface area contributed by atoms with Gasteiger partial charge in [-0.05, 0) is 32.9 Å². The molecule has 1 fully saturated rings. The fourth-order valence-electron chi connectivity index (χ4n) is 2.43. The van der Waals surface area contributed by atoms with E-state index in [0.29, 0.717) is 4.88 Å². The fourth-order valence-corrected chi connectivity index (χ4v) is 3.32. The Bertz CT molecular complexity index is 425. The van der Waals surface area contributed by atoms with Crippen LogP contribution in [0.4, 0.5) is 5.13 Å². The first kappa shape index (κ1) is 14.3. The van der Waals surface area contributed by atoms with E-state index in [9.17, 15) is 4.79 Å². The molecule has 2 heterocycles. The number of hydrogen-bond acceptors (Lipinski definition) is 6. The van der Waals surface area contributed by atoms with Crippen molar-refractivity contribution < 1.29 is 9.53 Å². The third-order valence-corrected chi connectivity index (χ3v) is 4.43. The smallest absolute Gasteiger partial charge is 0.349 e. The summed E-state index contributed by atoms with van der Waals surface area (Å²) in [6.45, 7) is 3.19. The summed E-state index contributed by atoms with van der Waals surface area (Å²) in [7, 11) is 5.64. The van der Waals surface area contributed by atoms with E-state index >= 15 is 0 Å². The SMILES string of the molecule is COC(=O)c1cnc(N2CCC(CN(C)C)CC2)s1. The van der Waals surface area contributed by atoms with Gasteiger partial charge in [-0.25, -0.2) is 9.78 Å². The van der Waals surface area contributed by atoms with Crippen molar-refractivity contribution in [3.05, 3.63) is 11.1 Å².